The highest BCUT2D eigenvalue weighted by atomic mass is 16.7. The molecule has 102 heavy (non-hydrogen) atoms. The van der Waals surface area contributed by atoms with Crippen LogP contribution in [0.4, 0.5) is 9.59 Å². The average Bonchev–Trinajstić information content (AvgIpc) is 0.876. The highest BCUT2D eigenvalue weighted by molar-refractivity contribution is 5.92. The van der Waals surface area contributed by atoms with Crippen molar-refractivity contribution in [1.29, 1.82) is 0 Å². The molecule has 9 amide bonds. The van der Waals surface area contributed by atoms with E-state index in [0.717, 1.165) is 4.90 Å². The number of likely N-dealkylation sites (tertiary alicyclic amines) is 2. The summed E-state index contributed by atoms with van der Waals surface area (Å²) in [6, 6.07) is 9.03. The fraction of sp³-hybridized carbons (Fsp3) is 0.657. The third-order valence-electron chi connectivity index (χ3n) is 18.8. The summed E-state index contributed by atoms with van der Waals surface area (Å²) in [4.78, 5) is 140. The molecule has 3 heterocycles. The molecule has 3 aliphatic rings. The Morgan fingerprint density at radius 1 is 0.804 bits per heavy atom. The summed E-state index contributed by atoms with van der Waals surface area (Å²) in [6.45, 7) is 16.0. The topological polar surface area (TPSA) is 430 Å². The van der Waals surface area contributed by atoms with E-state index < -0.39 is 158 Å². The number of aliphatic carboxylic acids is 1. The van der Waals surface area contributed by atoms with Crippen molar-refractivity contribution in [3.8, 4) is 5.75 Å². The zero-order chi connectivity index (χ0) is 75.9. The number of ether oxygens (including phenoxy) is 7. The van der Waals surface area contributed by atoms with Gasteiger partial charge >= 0.3 is 18.2 Å². The van der Waals surface area contributed by atoms with Gasteiger partial charge in [0.1, 0.15) is 61.6 Å². The first-order valence-electron chi connectivity index (χ1n) is 34.4. The number of nitrogens with one attached hydrogen (secondary N) is 5. The quantitative estimate of drug-likeness (QED) is 0.0414. The van der Waals surface area contributed by atoms with Gasteiger partial charge in [-0.15, -0.1) is 0 Å². The molecule has 3 aliphatic heterocycles. The summed E-state index contributed by atoms with van der Waals surface area (Å²) in [7, 11) is 5.91. The Hall–Kier alpha value is -8.08. The second-order valence-electron chi connectivity index (χ2n) is 26.9. The molecular formula is C70H107N9O23. The van der Waals surface area contributed by atoms with Crippen molar-refractivity contribution in [3.05, 3.63) is 77.9 Å². The van der Waals surface area contributed by atoms with Crippen LogP contribution in [-0.4, -0.2) is 269 Å². The number of carbonyl (C=O) groups excluding carboxylic acids is 9. The summed E-state index contributed by atoms with van der Waals surface area (Å²) in [6.07, 6.45) is -11.6. The van der Waals surface area contributed by atoms with Crippen LogP contribution >= 0.6 is 0 Å². The van der Waals surface area contributed by atoms with Gasteiger partial charge in [-0.1, -0.05) is 104 Å². The van der Waals surface area contributed by atoms with Crippen LogP contribution in [-0.2, 0) is 79.9 Å². The number of hydrogen-bond donors (Lipinski definition) is 11. The van der Waals surface area contributed by atoms with Crippen molar-refractivity contribution in [2.45, 2.75) is 192 Å². The first kappa shape index (κ1) is 84.6. The summed E-state index contributed by atoms with van der Waals surface area (Å²) in [5.41, 5.74) is -0.110. The van der Waals surface area contributed by atoms with Crippen molar-refractivity contribution < 1.29 is 112 Å². The molecule has 11 N–H and O–H groups in total. The average molecular weight is 1440 g/mol. The fourth-order valence-electron chi connectivity index (χ4n) is 12.8. The van der Waals surface area contributed by atoms with Crippen LogP contribution in [0.15, 0.2) is 61.2 Å². The highest BCUT2D eigenvalue weighted by Gasteiger charge is 2.50. The van der Waals surface area contributed by atoms with Crippen molar-refractivity contribution >= 4 is 59.5 Å². The smallest absolute Gasteiger partial charge is 0.410 e. The molecule has 0 bridgehead atoms. The maximum Gasteiger partial charge on any atom is 0.410 e. The van der Waals surface area contributed by atoms with Crippen LogP contribution in [0.5, 0.6) is 5.75 Å². The minimum atomic E-state index is -2.04. The maximum atomic E-state index is 14.9. The first-order valence-corrected chi connectivity index (χ1v) is 34.4. The normalized spacial score (nSPS) is 21.2. The number of carboxylic acids is 1. The van der Waals surface area contributed by atoms with E-state index >= 15 is 0 Å². The molecule has 3 fully saturated rings. The van der Waals surface area contributed by atoms with E-state index in [9.17, 15) is 78.6 Å². The van der Waals surface area contributed by atoms with E-state index in [0.29, 0.717) is 31.4 Å². The van der Waals surface area contributed by atoms with Gasteiger partial charge in [0, 0.05) is 66.4 Å². The van der Waals surface area contributed by atoms with E-state index in [1.165, 1.54) is 55.3 Å². The highest BCUT2D eigenvalue weighted by Crippen LogP contribution is 2.33. The lowest BCUT2D eigenvalue weighted by Gasteiger charge is -2.49. The van der Waals surface area contributed by atoms with Crippen molar-refractivity contribution in [2.24, 2.45) is 23.7 Å². The number of hydrogen-bond acceptors (Lipinski definition) is 22. The standard InChI is InChI=1S/C70H107N9O23/c1-14-30-98-68(94)73-36-70(37-78(38-70)52(83)26-29-80)100-35-51(82)71-27-25-50(81)72-33-46-31-44(23-24-48(46)101-67-60(88)58(86)59(87)62(102-67)66(92)93)34-99-69(95)77(11)55(40(5)6)64(90)75-54(39(3)4)65(91)76(10)56(41(7)15-2)49(96-12)32-53(84)79-28-19-22-47(79)61(97-13)42(8)63(89)74-43(9)57(85)45-20-17-16-18-21-45/h14,16-18,20-21,23-24,31,39-43,47,49,54-62,67,80,85-88H,1,15,19,22,25-30,32-38H2,2-13H3,(H,71,82)(H,72,81)(H,73,94)(H,74,89)(H,75,90)(H,92,93)/t41-,42+,43+,47-,49+,54-,55-,56-,57+,58-,59-,60+,61+,62-,67+/m0/s1. The number of nitrogens with zero attached hydrogens (tertiary/aromatic N) is 4. The van der Waals surface area contributed by atoms with Crippen LogP contribution < -0.4 is 31.3 Å². The Labute approximate surface area is 595 Å². The number of aliphatic hydroxyl groups is 5. The third kappa shape index (κ3) is 23.0. The Morgan fingerprint density at radius 2 is 1.49 bits per heavy atom. The van der Waals surface area contributed by atoms with Gasteiger partial charge in [0.2, 0.25) is 47.6 Å². The molecule has 570 valence electrons. The largest absolute Gasteiger partial charge is 0.479 e. The molecule has 2 aromatic carbocycles. The monoisotopic (exact) mass is 1440 g/mol. The van der Waals surface area contributed by atoms with Gasteiger partial charge in [0.15, 0.2) is 6.10 Å². The van der Waals surface area contributed by atoms with E-state index in [1.807, 2.05) is 19.9 Å². The number of alkyl carbamates (subject to hydrolysis) is 1. The van der Waals surface area contributed by atoms with Crippen LogP contribution in [0, 0.1) is 23.7 Å². The number of benzene rings is 2. The summed E-state index contributed by atoms with van der Waals surface area (Å²) < 4.78 is 39.8. The molecule has 0 spiro atoms. The second kappa shape index (κ2) is 40.1. The Kier molecular flexibility index (Phi) is 33.3. The van der Waals surface area contributed by atoms with Gasteiger partial charge in [-0.2, -0.15) is 0 Å². The Morgan fingerprint density at radius 3 is 2.10 bits per heavy atom. The number of likely N-dealkylation sites (N-methyl/N-ethyl adjacent to an activating group) is 2. The van der Waals surface area contributed by atoms with Gasteiger partial charge < -0.3 is 105 Å². The first-order chi connectivity index (χ1) is 48.3. The fourth-order valence-corrected chi connectivity index (χ4v) is 12.8. The van der Waals surface area contributed by atoms with Crippen molar-refractivity contribution in [3.63, 3.8) is 0 Å². The number of methoxy groups -OCH3 is 2. The van der Waals surface area contributed by atoms with E-state index in [4.69, 9.17) is 33.2 Å². The van der Waals surface area contributed by atoms with Gasteiger partial charge in [-0.3, -0.25) is 38.5 Å². The lowest BCUT2D eigenvalue weighted by atomic mass is 9.89. The molecule has 5 rings (SSSR count). The number of aliphatic hydroxyl groups excluding tert-OH is 5. The van der Waals surface area contributed by atoms with Gasteiger partial charge in [-0.05, 0) is 60.8 Å². The molecule has 32 heteroatoms. The van der Waals surface area contributed by atoms with E-state index in [-0.39, 0.29) is 106 Å². The van der Waals surface area contributed by atoms with Gasteiger partial charge in [-0.25, -0.2) is 14.4 Å². The van der Waals surface area contributed by atoms with E-state index in [1.54, 1.807) is 77.8 Å². The molecular weight excluding hydrogens is 1330 g/mol. The Balaban J connectivity index is 1.25. The molecule has 15 atom stereocenters. The molecule has 0 unspecified atom stereocenters. The zero-order valence-electron chi connectivity index (χ0n) is 60.4. The van der Waals surface area contributed by atoms with Gasteiger partial charge in [0.05, 0.1) is 75.0 Å². The number of carboxylic acid groups (broad SMARTS) is 1. The number of rotatable bonds is 39. The van der Waals surface area contributed by atoms with Crippen LogP contribution in [0.1, 0.15) is 117 Å². The molecule has 0 aromatic heterocycles. The molecule has 0 aliphatic carbocycles. The maximum absolute atomic E-state index is 14.9. The Bertz CT molecular complexity index is 3140. The van der Waals surface area contributed by atoms with Crippen molar-refractivity contribution in [1.82, 2.24) is 46.2 Å². The third-order valence-corrected chi connectivity index (χ3v) is 18.8. The number of amides is 9. The van der Waals surface area contributed by atoms with Crippen LogP contribution in [0.2, 0.25) is 0 Å². The lowest BCUT2D eigenvalue weighted by Crippen LogP contribution is -2.69. The molecule has 0 saturated carbocycles. The van der Waals surface area contributed by atoms with Crippen LogP contribution in [0.25, 0.3) is 0 Å². The molecule has 0 radical (unpaired) electrons. The predicted octanol–water partition coefficient (Wildman–Crippen LogP) is 0.865. The molecule has 32 nitrogen and oxygen atoms in total. The van der Waals surface area contributed by atoms with Crippen molar-refractivity contribution in [2.75, 3.05) is 80.9 Å². The van der Waals surface area contributed by atoms with Crippen LogP contribution in [0.3, 0.4) is 0 Å². The minimum absolute atomic E-state index is 0.00798. The SMILES string of the molecule is C=CCOC(=O)NCC1(OCC(=O)NCCC(=O)NCc2cc(COC(=O)N(C)[C@H](C(=O)N[C@H](C(=O)N(C)[C@@H]([C@@H](C)CC)[C@@H](CC(=O)N3CCC[C@H]3[C@H](OC)[C@@H](C)C(=O)N[C@H](C)[C@@H](O)c3ccccc3)OC)C(C)C)C(C)C)ccc2O[C@@H]2O[C@H](C(=O)O)[C@@H](O)[C@H](O)[C@H]2O)CN(C(=O)CCO)C1. The molecule has 3 saturated heterocycles. The summed E-state index contributed by atoms with van der Waals surface area (Å²) >= 11 is 0. The van der Waals surface area contributed by atoms with Gasteiger partial charge in [0.25, 0.3) is 0 Å². The summed E-state index contributed by atoms with van der Waals surface area (Å²) in [5.74, 6) is -7.21. The van der Waals surface area contributed by atoms with E-state index in [2.05, 4.69) is 33.2 Å². The predicted molar refractivity (Wildman–Crippen MR) is 366 cm³/mol. The minimum Gasteiger partial charge on any atom is -0.479 e. The number of carbonyl (C=O) groups is 10. The second-order valence-corrected chi connectivity index (χ2v) is 26.9. The summed E-state index contributed by atoms with van der Waals surface area (Å²) in [5, 5.41) is 75.2. The molecule has 2 aromatic rings. The zero-order valence-corrected chi connectivity index (χ0v) is 60.4. The lowest BCUT2D eigenvalue weighted by molar-refractivity contribution is -0.271.